The van der Waals surface area contributed by atoms with E-state index in [2.05, 4.69) is 48.7 Å². The normalized spacial score (nSPS) is 10.6. The first-order valence-corrected chi connectivity index (χ1v) is 8.90. The zero-order valence-corrected chi connectivity index (χ0v) is 15.3. The quantitative estimate of drug-likeness (QED) is 0.726. The monoisotopic (exact) mass is 340 g/mol. The van der Waals surface area contributed by atoms with Gasteiger partial charge in [-0.05, 0) is 54.7 Å². The molecule has 134 valence electrons. The number of amides is 1. The van der Waals surface area contributed by atoms with Crippen molar-refractivity contribution in [3.63, 3.8) is 0 Å². The highest BCUT2D eigenvalue weighted by Crippen LogP contribution is 2.16. The molecular weight excluding hydrogens is 312 g/mol. The lowest BCUT2D eigenvalue weighted by atomic mass is 10.0. The molecular formula is C21H28N2O2. The van der Waals surface area contributed by atoms with E-state index in [0.29, 0.717) is 19.1 Å². The van der Waals surface area contributed by atoms with Crippen LogP contribution in [0, 0.1) is 0 Å². The molecule has 0 heterocycles. The molecule has 1 amide bonds. The lowest BCUT2D eigenvalue weighted by Gasteiger charge is -2.10. The maximum Gasteiger partial charge on any atom is 0.239 e. The van der Waals surface area contributed by atoms with Crippen molar-refractivity contribution in [1.29, 1.82) is 0 Å². The van der Waals surface area contributed by atoms with Crippen LogP contribution in [-0.4, -0.2) is 25.6 Å². The van der Waals surface area contributed by atoms with Gasteiger partial charge in [0.2, 0.25) is 5.91 Å². The third-order valence-electron chi connectivity index (χ3n) is 4.00. The predicted octanol–water partition coefficient (Wildman–Crippen LogP) is 3.98. The summed E-state index contributed by atoms with van der Waals surface area (Å²) in [4.78, 5) is 11.9. The molecule has 0 bridgehead atoms. The number of nitrogens with one attached hydrogen (secondary N) is 2. The summed E-state index contributed by atoms with van der Waals surface area (Å²) in [6, 6.07) is 16.2. The third kappa shape index (κ3) is 6.49. The Morgan fingerprint density at radius 1 is 1.04 bits per heavy atom. The molecule has 2 N–H and O–H groups in total. The van der Waals surface area contributed by atoms with Crippen LogP contribution in [0.5, 0.6) is 5.75 Å². The van der Waals surface area contributed by atoms with Crippen molar-refractivity contribution in [2.45, 2.75) is 33.1 Å². The molecule has 4 nitrogen and oxygen atoms in total. The Balaban J connectivity index is 1.68. The van der Waals surface area contributed by atoms with Crippen molar-refractivity contribution in [1.82, 2.24) is 5.32 Å². The lowest BCUT2D eigenvalue weighted by molar-refractivity contribution is -0.119. The van der Waals surface area contributed by atoms with Gasteiger partial charge in [-0.15, -0.1) is 0 Å². The van der Waals surface area contributed by atoms with Gasteiger partial charge in [0.25, 0.3) is 0 Å². The van der Waals surface area contributed by atoms with E-state index in [1.807, 2.05) is 31.2 Å². The average Bonchev–Trinajstić information content (AvgIpc) is 2.62. The van der Waals surface area contributed by atoms with Crippen LogP contribution in [0.15, 0.2) is 48.5 Å². The van der Waals surface area contributed by atoms with E-state index in [-0.39, 0.29) is 12.5 Å². The van der Waals surface area contributed by atoms with Gasteiger partial charge < -0.3 is 15.4 Å². The Morgan fingerprint density at radius 3 is 2.32 bits per heavy atom. The van der Waals surface area contributed by atoms with Gasteiger partial charge in [0.15, 0.2) is 0 Å². The average molecular weight is 340 g/mol. The molecule has 2 aromatic carbocycles. The van der Waals surface area contributed by atoms with E-state index in [0.717, 1.165) is 17.9 Å². The number of benzene rings is 2. The second-order valence-electron chi connectivity index (χ2n) is 6.31. The fraction of sp³-hybridized carbons (Fsp3) is 0.381. The molecule has 2 aromatic rings. The molecule has 2 rings (SSSR count). The summed E-state index contributed by atoms with van der Waals surface area (Å²) in [5.41, 5.74) is 3.49. The third-order valence-corrected chi connectivity index (χ3v) is 4.00. The predicted molar refractivity (Wildman–Crippen MR) is 103 cm³/mol. The van der Waals surface area contributed by atoms with Crippen molar-refractivity contribution in [2.75, 3.05) is 25.0 Å². The zero-order valence-electron chi connectivity index (χ0n) is 15.3. The van der Waals surface area contributed by atoms with Crippen molar-refractivity contribution in [2.24, 2.45) is 0 Å². The van der Waals surface area contributed by atoms with Crippen LogP contribution in [0.3, 0.4) is 0 Å². The number of anilines is 1. The van der Waals surface area contributed by atoms with E-state index in [9.17, 15) is 4.79 Å². The van der Waals surface area contributed by atoms with Crippen LogP contribution in [0.2, 0.25) is 0 Å². The maximum atomic E-state index is 11.9. The first-order valence-electron chi connectivity index (χ1n) is 8.90. The van der Waals surface area contributed by atoms with Gasteiger partial charge in [-0.2, -0.15) is 0 Å². The van der Waals surface area contributed by atoms with Gasteiger partial charge in [0, 0.05) is 12.2 Å². The Labute approximate surface area is 150 Å². The summed E-state index contributed by atoms with van der Waals surface area (Å²) >= 11 is 0. The van der Waals surface area contributed by atoms with Gasteiger partial charge in [-0.1, -0.05) is 38.1 Å². The number of carbonyl (C=O) groups excluding carboxylic acids is 1. The molecule has 0 spiro atoms. The number of carbonyl (C=O) groups is 1. The van der Waals surface area contributed by atoms with E-state index < -0.39 is 0 Å². The summed E-state index contributed by atoms with van der Waals surface area (Å²) in [7, 11) is 0. The summed E-state index contributed by atoms with van der Waals surface area (Å²) in [6.07, 6.45) is 0.840. The van der Waals surface area contributed by atoms with Gasteiger partial charge in [0.05, 0.1) is 13.2 Å². The van der Waals surface area contributed by atoms with Crippen molar-refractivity contribution >= 4 is 11.6 Å². The smallest absolute Gasteiger partial charge is 0.239 e. The number of rotatable bonds is 9. The molecule has 0 saturated carbocycles. The summed E-state index contributed by atoms with van der Waals surface area (Å²) in [5.74, 6) is 1.37. The zero-order chi connectivity index (χ0) is 18.1. The molecule has 0 aromatic heterocycles. The van der Waals surface area contributed by atoms with Crippen LogP contribution in [-0.2, 0) is 11.2 Å². The first kappa shape index (κ1) is 18.8. The van der Waals surface area contributed by atoms with Crippen LogP contribution in [0.4, 0.5) is 5.69 Å². The Hall–Kier alpha value is -2.49. The van der Waals surface area contributed by atoms with Crippen LogP contribution < -0.4 is 15.4 Å². The molecule has 0 aliphatic heterocycles. The minimum absolute atomic E-state index is 0.00677. The highest BCUT2D eigenvalue weighted by atomic mass is 16.5. The lowest BCUT2D eigenvalue weighted by Crippen LogP contribution is -2.31. The maximum absolute atomic E-state index is 11.9. The Bertz CT molecular complexity index is 649. The summed E-state index contributed by atoms with van der Waals surface area (Å²) < 4.78 is 5.39. The van der Waals surface area contributed by atoms with Crippen LogP contribution in [0.25, 0.3) is 0 Å². The molecule has 0 unspecified atom stereocenters. The Morgan fingerprint density at radius 2 is 1.72 bits per heavy atom. The van der Waals surface area contributed by atoms with Gasteiger partial charge >= 0.3 is 0 Å². The van der Waals surface area contributed by atoms with Crippen molar-refractivity contribution < 1.29 is 9.53 Å². The molecule has 0 fully saturated rings. The van der Waals surface area contributed by atoms with Gasteiger partial charge in [-0.25, -0.2) is 0 Å². The number of hydrogen-bond acceptors (Lipinski definition) is 3. The fourth-order valence-electron chi connectivity index (χ4n) is 2.50. The molecule has 0 atom stereocenters. The topological polar surface area (TPSA) is 50.4 Å². The molecule has 0 aliphatic carbocycles. The van der Waals surface area contributed by atoms with E-state index in [4.69, 9.17) is 4.74 Å². The number of ether oxygens (including phenoxy) is 1. The fourth-order valence-corrected chi connectivity index (χ4v) is 2.50. The van der Waals surface area contributed by atoms with Crippen LogP contribution in [0.1, 0.15) is 37.8 Å². The SMILES string of the molecule is CCOc1ccc(NCC(=O)NCCc2ccc(C(C)C)cc2)cc1. The Kier molecular flexibility index (Phi) is 7.33. The molecule has 0 aliphatic rings. The highest BCUT2D eigenvalue weighted by molar-refractivity contribution is 5.80. The van der Waals surface area contributed by atoms with Crippen molar-refractivity contribution in [3.05, 3.63) is 59.7 Å². The van der Waals surface area contributed by atoms with Crippen LogP contribution >= 0.6 is 0 Å². The second kappa shape index (κ2) is 9.72. The minimum atomic E-state index is -0.00677. The van der Waals surface area contributed by atoms with E-state index >= 15 is 0 Å². The summed E-state index contributed by atoms with van der Waals surface area (Å²) in [5, 5.41) is 6.06. The first-order chi connectivity index (χ1) is 12.1. The number of hydrogen-bond donors (Lipinski definition) is 2. The molecule has 25 heavy (non-hydrogen) atoms. The van der Waals surface area contributed by atoms with Gasteiger partial charge in [-0.3, -0.25) is 4.79 Å². The highest BCUT2D eigenvalue weighted by Gasteiger charge is 2.03. The molecule has 4 heteroatoms. The molecule has 0 radical (unpaired) electrons. The second-order valence-corrected chi connectivity index (χ2v) is 6.31. The van der Waals surface area contributed by atoms with E-state index in [1.165, 1.54) is 11.1 Å². The standard InChI is InChI=1S/C21H28N2O2/c1-4-25-20-11-9-19(10-12-20)23-15-21(24)22-14-13-17-5-7-18(8-6-17)16(2)3/h5-12,16,23H,4,13-15H2,1-3H3,(H,22,24). The van der Waals surface area contributed by atoms with Gasteiger partial charge in [0.1, 0.15) is 5.75 Å². The minimum Gasteiger partial charge on any atom is -0.494 e. The molecule has 0 saturated heterocycles. The van der Waals surface area contributed by atoms with E-state index in [1.54, 1.807) is 0 Å². The largest absolute Gasteiger partial charge is 0.494 e. The van der Waals surface area contributed by atoms with Crippen molar-refractivity contribution in [3.8, 4) is 5.75 Å². The summed E-state index contributed by atoms with van der Waals surface area (Å²) in [6.45, 7) is 7.88.